The Hall–Kier alpha value is -2.16. The fourth-order valence-electron chi connectivity index (χ4n) is 4.08. The van der Waals surface area contributed by atoms with Gasteiger partial charge in [-0.1, -0.05) is 6.07 Å². The van der Waals surface area contributed by atoms with Gasteiger partial charge >= 0.3 is 0 Å². The van der Waals surface area contributed by atoms with Gasteiger partial charge in [-0.25, -0.2) is 4.85 Å². The Bertz CT molecular complexity index is 771. The molecule has 130 valence electrons. The van der Waals surface area contributed by atoms with E-state index in [1.807, 2.05) is 30.5 Å². The van der Waals surface area contributed by atoms with Crippen LogP contribution in [0.4, 0.5) is 11.4 Å². The number of fused-ring (bicyclic) bond motifs is 1. The zero-order valence-corrected chi connectivity index (χ0v) is 14.4. The quantitative estimate of drug-likeness (QED) is 0.865. The van der Waals surface area contributed by atoms with E-state index in [1.165, 1.54) is 25.7 Å². The Balaban J connectivity index is 1.43. The van der Waals surface area contributed by atoms with Crippen LogP contribution in [0.5, 0.6) is 0 Å². The molecule has 5 heteroatoms. The number of anilines is 1. The molecular formula is C20H24N4O. The molecule has 1 aliphatic heterocycles. The van der Waals surface area contributed by atoms with Gasteiger partial charge in [0.15, 0.2) is 5.69 Å². The smallest absolute Gasteiger partial charge is 0.188 e. The van der Waals surface area contributed by atoms with Gasteiger partial charge in [0, 0.05) is 42.4 Å². The third-order valence-corrected chi connectivity index (χ3v) is 5.47. The van der Waals surface area contributed by atoms with Crippen molar-refractivity contribution < 1.29 is 4.74 Å². The highest BCUT2D eigenvalue weighted by Crippen LogP contribution is 2.30. The fraction of sp³-hybridized carbons (Fsp3) is 0.500. The Morgan fingerprint density at radius 3 is 2.68 bits per heavy atom. The molecule has 2 aromatic rings. The molecule has 0 radical (unpaired) electrons. The van der Waals surface area contributed by atoms with Crippen LogP contribution in [0.1, 0.15) is 25.7 Å². The third kappa shape index (κ3) is 3.60. The number of rotatable bonds is 3. The average molecular weight is 336 g/mol. The first-order valence-corrected chi connectivity index (χ1v) is 9.18. The predicted octanol–water partition coefficient (Wildman–Crippen LogP) is 3.84. The van der Waals surface area contributed by atoms with E-state index < -0.39 is 0 Å². The summed E-state index contributed by atoms with van der Waals surface area (Å²) in [5.41, 5.74) is 2.71. The molecule has 1 N–H and O–H groups in total. The number of nitrogens with zero attached hydrogens (tertiary/aromatic N) is 3. The van der Waals surface area contributed by atoms with Gasteiger partial charge < -0.3 is 10.1 Å². The van der Waals surface area contributed by atoms with Gasteiger partial charge in [-0.2, -0.15) is 0 Å². The van der Waals surface area contributed by atoms with Gasteiger partial charge in [0.25, 0.3) is 0 Å². The van der Waals surface area contributed by atoms with E-state index in [-0.39, 0.29) is 0 Å². The summed E-state index contributed by atoms with van der Waals surface area (Å²) in [6.07, 6.45) is 6.71. The van der Waals surface area contributed by atoms with Crippen molar-refractivity contribution in [3.8, 4) is 0 Å². The molecule has 1 aromatic heterocycles. The van der Waals surface area contributed by atoms with E-state index in [4.69, 9.17) is 11.3 Å². The molecule has 2 fully saturated rings. The minimum absolute atomic E-state index is 0.500. The van der Waals surface area contributed by atoms with Gasteiger partial charge in [0.2, 0.25) is 0 Å². The molecule has 0 unspecified atom stereocenters. The molecule has 5 nitrogen and oxygen atoms in total. The first-order valence-electron chi connectivity index (χ1n) is 9.18. The second-order valence-electron chi connectivity index (χ2n) is 6.97. The number of pyridine rings is 1. The van der Waals surface area contributed by atoms with Crippen LogP contribution in [0.25, 0.3) is 15.7 Å². The van der Waals surface area contributed by atoms with Gasteiger partial charge in [0.05, 0.1) is 25.3 Å². The Morgan fingerprint density at radius 1 is 1.12 bits per heavy atom. The molecule has 0 spiro atoms. The molecule has 0 amide bonds. The lowest BCUT2D eigenvalue weighted by Gasteiger charge is -2.39. The van der Waals surface area contributed by atoms with E-state index in [9.17, 15) is 0 Å². The van der Waals surface area contributed by atoms with Crippen molar-refractivity contribution in [1.82, 2.24) is 9.88 Å². The lowest BCUT2D eigenvalue weighted by atomic mass is 9.89. The second-order valence-corrected chi connectivity index (χ2v) is 6.97. The number of nitrogens with one attached hydrogen (secondary N) is 1. The first kappa shape index (κ1) is 16.3. The summed E-state index contributed by atoms with van der Waals surface area (Å²) < 4.78 is 5.47. The molecule has 2 aliphatic rings. The maximum Gasteiger partial charge on any atom is 0.188 e. The van der Waals surface area contributed by atoms with Crippen LogP contribution in [0, 0.1) is 6.57 Å². The van der Waals surface area contributed by atoms with E-state index in [1.54, 1.807) is 0 Å². The van der Waals surface area contributed by atoms with Crippen LogP contribution >= 0.6 is 0 Å². The number of ether oxygens (including phenoxy) is 1. The minimum atomic E-state index is 0.500. The van der Waals surface area contributed by atoms with Gasteiger partial charge in [-0.3, -0.25) is 9.88 Å². The molecule has 0 atom stereocenters. The maximum atomic E-state index is 7.23. The van der Waals surface area contributed by atoms with Crippen molar-refractivity contribution in [2.75, 3.05) is 31.6 Å². The standard InChI is InChI=1S/C20H24N4O/c1-21-16-4-7-19-18(14-16)20(8-9-22-19)23-15-2-5-17(6-3-15)24-10-12-25-13-11-24/h4,7-9,14-15,17H,2-3,5-6,10-13H2,(H,22,23). The first-order chi connectivity index (χ1) is 12.3. The minimum Gasteiger partial charge on any atom is -0.382 e. The van der Waals surface area contributed by atoms with Crippen molar-refractivity contribution in [3.63, 3.8) is 0 Å². The van der Waals surface area contributed by atoms with Gasteiger partial charge in [-0.05, 0) is 43.9 Å². The summed E-state index contributed by atoms with van der Waals surface area (Å²) in [6.45, 7) is 11.2. The summed E-state index contributed by atoms with van der Waals surface area (Å²) in [6, 6.07) is 8.95. The summed E-state index contributed by atoms with van der Waals surface area (Å²) in [7, 11) is 0. The SMILES string of the molecule is [C-]#[N+]c1ccc2nccc(NC3CCC(N4CCOCC4)CC3)c2c1. The Morgan fingerprint density at radius 2 is 1.92 bits per heavy atom. The van der Waals surface area contributed by atoms with Crippen LogP contribution in [0.2, 0.25) is 0 Å². The third-order valence-electron chi connectivity index (χ3n) is 5.47. The van der Waals surface area contributed by atoms with Crippen LogP contribution in [0.3, 0.4) is 0 Å². The summed E-state index contributed by atoms with van der Waals surface area (Å²) in [4.78, 5) is 10.6. The molecule has 25 heavy (non-hydrogen) atoms. The highest BCUT2D eigenvalue weighted by atomic mass is 16.5. The zero-order chi connectivity index (χ0) is 17.1. The molecule has 1 saturated heterocycles. The summed E-state index contributed by atoms with van der Waals surface area (Å²) in [5.74, 6) is 0. The maximum absolute atomic E-state index is 7.23. The van der Waals surface area contributed by atoms with Crippen molar-refractivity contribution >= 4 is 22.3 Å². The Kier molecular flexibility index (Phi) is 4.82. The normalized spacial score (nSPS) is 24.8. The van der Waals surface area contributed by atoms with Crippen LogP contribution < -0.4 is 5.32 Å². The molecule has 0 bridgehead atoms. The monoisotopic (exact) mass is 336 g/mol. The molecule has 1 aliphatic carbocycles. The highest BCUT2D eigenvalue weighted by molar-refractivity contribution is 5.93. The average Bonchev–Trinajstić information content (AvgIpc) is 2.69. The van der Waals surface area contributed by atoms with Gasteiger partial charge in [-0.15, -0.1) is 0 Å². The van der Waals surface area contributed by atoms with Crippen molar-refractivity contribution in [3.05, 3.63) is 41.9 Å². The molecule has 1 aromatic carbocycles. The number of hydrogen-bond acceptors (Lipinski definition) is 4. The number of aromatic nitrogens is 1. The summed E-state index contributed by atoms with van der Waals surface area (Å²) >= 11 is 0. The number of hydrogen-bond donors (Lipinski definition) is 1. The van der Waals surface area contributed by atoms with Gasteiger partial charge in [0.1, 0.15) is 0 Å². The highest BCUT2D eigenvalue weighted by Gasteiger charge is 2.27. The lowest BCUT2D eigenvalue weighted by molar-refractivity contribution is 0.00791. The summed E-state index contributed by atoms with van der Waals surface area (Å²) in [5, 5.41) is 4.76. The number of benzene rings is 1. The van der Waals surface area contributed by atoms with Crippen molar-refractivity contribution in [1.29, 1.82) is 0 Å². The van der Waals surface area contributed by atoms with Crippen molar-refractivity contribution in [2.45, 2.75) is 37.8 Å². The lowest BCUT2D eigenvalue weighted by Crippen LogP contribution is -2.46. The molecule has 1 saturated carbocycles. The van der Waals surface area contributed by atoms with E-state index in [0.717, 1.165) is 42.9 Å². The van der Waals surface area contributed by atoms with Crippen LogP contribution in [-0.4, -0.2) is 48.3 Å². The predicted molar refractivity (Wildman–Crippen MR) is 100 cm³/mol. The topological polar surface area (TPSA) is 41.8 Å². The largest absolute Gasteiger partial charge is 0.382 e. The Labute approximate surface area is 148 Å². The molecular weight excluding hydrogens is 312 g/mol. The number of morpholine rings is 1. The van der Waals surface area contributed by atoms with Crippen LogP contribution in [0.15, 0.2) is 30.5 Å². The fourth-order valence-corrected chi connectivity index (χ4v) is 4.08. The molecule has 2 heterocycles. The van der Waals surface area contributed by atoms with E-state index in [2.05, 4.69) is 20.0 Å². The van der Waals surface area contributed by atoms with Crippen LogP contribution in [-0.2, 0) is 4.74 Å². The zero-order valence-electron chi connectivity index (χ0n) is 14.4. The molecule has 4 rings (SSSR count). The second kappa shape index (κ2) is 7.38. The van der Waals surface area contributed by atoms with E-state index >= 15 is 0 Å². The van der Waals surface area contributed by atoms with E-state index in [0.29, 0.717) is 17.8 Å². The van der Waals surface area contributed by atoms with Crippen molar-refractivity contribution in [2.24, 2.45) is 0 Å².